The van der Waals surface area contributed by atoms with Gasteiger partial charge in [-0.05, 0) is 128 Å². The topological polar surface area (TPSA) is 154 Å². The number of hydrogen-bond acceptors (Lipinski definition) is 9. The number of carbonyl (C=O) groups excluding carboxylic acids is 2. The maximum Gasteiger partial charge on any atom is 0.160 e. The van der Waals surface area contributed by atoms with Crippen LogP contribution in [-0.2, 0) is 16.0 Å². The fourth-order valence-electron chi connectivity index (χ4n) is 10.9. The van der Waals surface area contributed by atoms with Gasteiger partial charge in [-0.2, -0.15) is 0 Å². The molecule has 0 radical (unpaired) electrons. The summed E-state index contributed by atoms with van der Waals surface area (Å²) >= 11 is 0. The van der Waals surface area contributed by atoms with Gasteiger partial charge in [0.2, 0.25) is 0 Å². The molecule has 0 bridgehead atoms. The molecule has 0 amide bonds. The smallest absolute Gasteiger partial charge is 0.160 e. The number of aromatic hydroxyl groups is 1. The molecule has 8 atom stereocenters. The minimum atomic E-state index is -0.877. The van der Waals surface area contributed by atoms with Crippen molar-refractivity contribution in [2.75, 3.05) is 20.2 Å². The lowest BCUT2D eigenvalue weighted by atomic mass is 9.63. The number of fused-ring (bicyclic) bond motifs is 2. The summed E-state index contributed by atoms with van der Waals surface area (Å²) in [5, 5.41) is 41.2. The Morgan fingerprint density at radius 3 is 2.64 bits per heavy atom. The van der Waals surface area contributed by atoms with Crippen LogP contribution >= 0.6 is 0 Å². The fraction of sp³-hybridized carbons (Fsp3) is 0.560. The van der Waals surface area contributed by atoms with Crippen molar-refractivity contribution >= 4 is 17.6 Å². The minimum Gasteiger partial charge on any atom is -0.504 e. The molecule has 0 aromatic heterocycles. The molecule has 2 aromatic rings. The summed E-state index contributed by atoms with van der Waals surface area (Å²) in [5.41, 5.74) is 10.2. The van der Waals surface area contributed by atoms with E-state index >= 15 is 0 Å². The first kappa shape index (κ1) is 42.8. The Hall–Kier alpha value is -4.36. The van der Waals surface area contributed by atoms with Crippen molar-refractivity contribution < 1.29 is 29.6 Å². The molecule has 9 nitrogen and oxygen atoms in total. The highest BCUT2D eigenvalue weighted by molar-refractivity contribution is 5.85. The van der Waals surface area contributed by atoms with Crippen LogP contribution in [0.1, 0.15) is 119 Å². The lowest BCUT2D eigenvalue weighted by Gasteiger charge is -2.47. The number of ketones is 2. The lowest BCUT2D eigenvalue weighted by Crippen LogP contribution is -2.52. The molecule has 3 aliphatic carbocycles. The zero-order chi connectivity index (χ0) is 41.4. The predicted molar refractivity (Wildman–Crippen MR) is 232 cm³/mol. The van der Waals surface area contributed by atoms with E-state index in [9.17, 15) is 24.9 Å². The molecule has 2 heterocycles. The lowest BCUT2D eigenvalue weighted by molar-refractivity contribution is -0.124. The van der Waals surface area contributed by atoms with E-state index in [4.69, 9.17) is 10.5 Å². The van der Waals surface area contributed by atoms with E-state index in [2.05, 4.69) is 52.8 Å². The quantitative estimate of drug-likeness (QED) is 0.102. The largest absolute Gasteiger partial charge is 0.504 e. The zero-order valence-corrected chi connectivity index (χ0v) is 34.8. The van der Waals surface area contributed by atoms with E-state index in [-0.39, 0.29) is 35.2 Å². The summed E-state index contributed by atoms with van der Waals surface area (Å²) in [6, 6.07) is 13.9. The second kappa shape index (κ2) is 19.8. The molecule has 59 heavy (non-hydrogen) atoms. The molecule has 7 rings (SSSR count). The third kappa shape index (κ3) is 10.7. The number of carbonyl (C=O) groups is 2. The summed E-state index contributed by atoms with van der Waals surface area (Å²) in [6.07, 6.45) is 19.7. The van der Waals surface area contributed by atoms with E-state index in [0.717, 1.165) is 48.1 Å². The first-order valence-electron chi connectivity index (χ1n) is 22.3. The summed E-state index contributed by atoms with van der Waals surface area (Å²) in [5.74, 6) is 7.85. The van der Waals surface area contributed by atoms with Crippen molar-refractivity contribution in [3.05, 3.63) is 88.8 Å². The number of rotatable bonds is 15. The third-order valence-electron chi connectivity index (χ3n) is 14.3. The van der Waals surface area contributed by atoms with Crippen LogP contribution in [0.25, 0.3) is 6.08 Å². The highest BCUT2D eigenvalue weighted by atomic mass is 16.5. The maximum absolute atomic E-state index is 13.9. The molecule has 2 saturated carbocycles. The van der Waals surface area contributed by atoms with Crippen molar-refractivity contribution in [3.8, 4) is 23.3 Å². The van der Waals surface area contributed by atoms with Crippen LogP contribution in [0.3, 0.4) is 0 Å². The van der Waals surface area contributed by atoms with Crippen LogP contribution in [0, 0.1) is 40.9 Å². The van der Waals surface area contributed by atoms with Crippen LogP contribution < -0.4 is 21.1 Å². The SMILES string of the molecule is COc1cc2c(cc1O)C(CCC(O)CC(C=Cc1ccccc1)C1=CCNC(N)=C1)C#CC(C(O)CCCC1(C3CNC4CC(=O)CCC4C3)CCCC1)C(=O)CC2. The average Bonchev–Trinajstić information content (AvgIpc) is 3.74. The Labute approximate surface area is 351 Å². The number of Topliss-reactive ketones (excluding diaryl/α,β-unsaturated/α-hetero) is 2. The molecule has 0 spiro atoms. The number of phenolic OH excluding ortho intramolecular Hbond substituents is 1. The van der Waals surface area contributed by atoms with Gasteiger partial charge in [0.05, 0.1) is 25.1 Å². The van der Waals surface area contributed by atoms with Gasteiger partial charge in [0, 0.05) is 43.7 Å². The number of phenols is 1. The Balaban J connectivity index is 1.05. The number of benzene rings is 2. The van der Waals surface area contributed by atoms with Gasteiger partial charge in [-0.3, -0.25) is 9.59 Å². The van der Waals surface area contributed by atoms with Gasteiger partial charge in [-0.1, -0.05) is 79.7 Å². The Morgan fingerprint density at radius 1 is 1.05 bits per heavy atom. The second-order valence-electron chi connectivity index (χ2n) is 18.1. The monoisotopic (exact) mass is 803 g/mol. The number of methoxy groups -OCH3 is 1. The molecular formula is C50H65N3O6. The number of aliphatic hydroxyl groups excluding tert-OH is 2. The molecule has 2 aromatic carbocycles. The number of ether oxygens (including phenoxy) is 1. The molecule has 316 valence electrons. The number of aryl methyl sites for hydroxylation is 1. The predicted octanol–water partition coefficient (Wildman–Crippen LogP) is 7.25. The van der Waals surface area contributed by atoms with Gasteiger partial charge in [-0.25, -0.2) is 0 Å². The highest BCUT2D eigenvalue weighted by Crippen LogP contribution is 2.52. The van der Waals surface area contributed by atoms with Gasteiger partial charge >= 0.3 is 0 Å². The Morgan fingerprint density at radius 2 is 1.86 bits per heavy atom. The van der Waals surface area contributed by atoms with E-state index < -0.39 is 18.1 Å². The number of aliphatic hydroxyl groups is 2. The van der Waals surface area contributed by atoms with Crippen molar-refractivity contribution in [2.45, 2.75) is 127 Å². The van der Waals surface area contributed by atoms with Gasteiger partial charge < -0.3 is 36.4 Å². The summed E-state index contributed by atoms with van der Waals surface area (Å²) in [6.45, 7) is 1.59. The highest BCUT2D eigenvalue weighted by Gasteiger charge is 2.45. The van der Waals surface area contributed by atoms with Crippen molar-refractivity contribution in [2.24, 2.45) is 34.8 Å². The van der Waals surface area contributed by atoms with Crippen molar-refractivity contribution in [1.29, 1.82) is 0 Å². The standard InChI is InChI=1S/C50H65N3O6/c1-59-48-28-37-16-20-46(57)42(45(56)10-7-24-50(22-5-6-23-50)39-26-38-14-18-41(55)30-44(38)53-32-39)19-15-34(43(37)31-47(48)58)13-17-40(54)27-35(36-21-25-52-49(51)29-36)12-11-33-8-3-2-4-9-33/h2-4,8-9,11-12,21,28-29,31,34-35,38-40,42,44-45,52-54,56,58H,5-7,10,13-14,16-18,20,22-27,30,32,51H2,1H3. The van der Waals surface area contributed by atoms with Crippen LogP contribution in [0.2, 0.25) is 0 Å². The van der Waals surface area contributed by atoms with Crippen LogP contribution in [0.5, 0.6) is 11.5 Å². The maximum atomic E-state index is 13.9. The number of hydrogen-bond donors (Lipinski definition) is 6. The first-order chi connectivity index (χ1) is 28.6. The minimum absolute atomic E-state index is 0.00981. The molecular weight excluding hydrogens is 739 g/mol. The molecule has 3 fully saturated rings. The van der Waals surface area contributed by atoms with E-state index in [1.807, 2.05) is 24.3 Å². The fourth-order valence-corrected chi connectivity index (χ4v) is 10.9. The number of piperidine rings is 1. The number of dihydropyridines is 1. The summed E-state index contributed by atoms with van der Waals surface area (Å²) in [4.78, 5) is 26.0. The van der Waals surface area contributed by atoms with Gasteiger partial charge in [0.15, 0.2) is 17.3 Å². The van der Waals surface area contributed by atoms with Crippen molar-refractivity contribution in [1.82, 2.24) is 10.6 Å². The van der Waals surface area contributed by atoms with Gasteiger partial charge in [0.1, 0.15) is 11.7 Å². The van der Waals surface area contributed by atoms with E-state index in [0.29, 0.717) is 86.7 Å². The normalized spacial score (nSPS) is 27.0. The average molecular weight is 804 g/mol. The number of nitrogens with one attached hydrogen (secondary N) is 2. The summed E-state index contributed by atoms with van der Waals surface area (Å²) < 4.78 is 5.47. The zero-order valence-electron chi connectivity index (χ0n) is 34.8. The van der Waals surface area contributed by atoms with Gasteiger partial charge in [0.25, 0.3) is 0 Å². The second-order valence-corrected chi connectivity index (χ2v) is 18.1. The summed E-state index contributed by atoms with van der Waals surface area (Å²) in [7, 11) is 1.51. The molecule has 9 heteroatoms. The number of allylic oxidation sites excluding steroid dienone is 3. The van der Waals surface area contributed by atoms with Crippen LogP contribution in [0.15, 0.2) is 72.1 Å². The third-order valence-corrected chi connectivity index (χ3v) is 14.3. The number of nitrogens with two attached hydrogens (primary N) is 1. The van der Waals surface area contributed by atoms with Crippen molar-refractivity contribution in [3.63, 3.8) is 0 Å². The molecule has 7 N–H and O–H groups in total. The molecule has 8 unspecified atom stereocenters. The molecule has 1 saturated heterocycles. The molecule has 2 aliphatic heterocycles. The van der Waals surface area contributed by atoms with E-state index in [1.165, 1.54) is 39.2 Å². The Kier molecular flexibility index (Phi) is 14.3. The van der Waals surface area contributed by atoms with Crippen LogP contribution in [0.4, 0.5) is 0 Å². The molecule has 5 aliphatic rings. The Bertz CT molecular complexity index is 1940. The van der Waals surface area contributed by atoms with Gasteiger partial charge in [-0.15, -0.1) is 0 Å². The van der Waals surface area contributed by atoms with Crippen LogP contribution in [-0.4, -0.2) is 65.3 Å². The first-order valence-corrected chi connectivity index (χ1v) is 22.3. The van der Waals surface area contributed by atoms with E-state index in [1.54, 1.807) is 12.1 Å².